The Kier molecular flexibility index (Phi) is 11.8. The van der Waals surface area contributed by atoms with E-state index in [4.69, 9.17) is 25.1 Å². The number of fused-ring (bicyclic) bond motifs is 10. The quantitative estimate of drug-likeness (QED) is 0.152. The average Bonchev–Trinajstić information content (AvgIpc) is 3.04. The first-order chi connectivity index (χ1) is 23.7. The van der Waals surface area contributed by atoms with Gasteiger partial charge in [-0.3, -0.25) is 14.9 Å². The second kappa shape index (κ2) is 16.0. The first kappa shape index (κ1) is 37.0. The molecule has 0 unspecified atom stereocenters. The maximum absolute atomic E-state index is 14.2. The highest BCUT2D eigenvalue weighted by atomic mass is 19.4. The number of aryl methyl sites for hydroxylation is 2. The van der Waals surface area contributed by atoms with Crippen LogP contribution in [0, 0.1) is 13.8 Å². The summed E-state index contributed by atoms with van der Waals surface area (Å²) in [7, 11) is 0. The number of carbonyl (C=O) groups is 4. The number of aromatic nitrogens is 1. The minimum Gasteiger partial charge on any atom is -0.475 e. The molecule has 6 N–H and O–H groups in total. The zero-order valence-electron chi connectivity index (χ0n) is 27.4. The van der Waals surface area contributed by atoms with E-state index >= 15 is 0 Å². The average molecular weight is 696 g/mol. The predicted octanol–water partition coefficient (Wildman–Crippen LogP) is 6.14. The Labute approximate surface area is 285 Å². The van der Waals surface area contributed by atoms with E-state index in [0.29, 0.717) is 29.2 Å². The van der Waals surface area contributed by atoms with Crippen molar-refractivity contribution in [3.63, 3.8) is 0 Å². The van der Waals surface area contributed by atoms with Gasteiger partial charge in [-0.2, -0.15) is 13.2 Å². The number of ether oxygens (including phenoxy) is 2. The topological polar surface area (TPSA) is 182 Å². The molecule has 2 aliphatic rings. The molecular formula is C35H36F3N5O7. The number of esters is 1. The molecule has 1 aromatic heterocycles. The molecule has 0 spiro atoms. The van der Waals surface area contributed by atoms with Crippen molar-refractivity contribution >= 4 is 51.9 Å². The van der Waals surface area contributed by atoms with Gasteiger partial charge in [0.15, 0.2) is 0 Å². The Bertz CT molecular complexity index is 1880. The van der Waals surface area contributed by atoms with Gasteiger partial charge in [-0.1, -0.05) is 24.3 Å². The first-order valence-electron chi connectivity index (χ1n) is 15.5. The van der Waals surface area contributed by atoms with E-state index in [-0.39, 0.29) is 25.5 Å². The van der Waals surface area contributed by atoms with E-state index < -0.39 is 36.3 Å². The van der Waals surface area contributed by atoms with Crippen molar-refractivity contribution in [2.24, 2.45) is 0 Å². The lowest BCUT2D eigenvalue weighted by Gasteiger charge is -2.26. The molecule has 0 saturated heterocycles. The van der Waals surface area contributed by atoms with E-state index in [1.165, 1.54) is 0 Å². The van der Waals surface area contributed by atoms with Crippen molar-refractivity contribution in [3.8, 4) is 0 Å². The molecule has 2 atom stereocenters. The summed E-state index contributed by atoms with van der Waals surface area (Å²) in [6, 6.07) is 16.9. The number of carboxylic acid groups (broad SMARTS) is 1. The number of nitrogens with one attached hydrogen (secondary N) is 3. The number of anilines is 3. The van der Waals surface area contributed by atoms with Gasteiger partial charge in [-0.25, -0.2) is 14.6 Å². The minimum absolute atomic E-state index is 0.0978. The third kappa shape index (κ3) is 9.61. The van der Waals surface area contributed by atoms with Crippen LogP contribution in [0.3, 0.4) is 0 Å². The van der Waals surface area contributed by atoms with Crippen LogP contribution in [0.2, 0.25) is 0 Å². The summed E-state index contributed by atoms with van der Waals surface area (Å²) >= 11 is 0. The Morgan fingerprint density at radius 1 is 1.06 bits per heavy atom. The molecule has 4 bridgehead atoms. The number of hydrogen-bond donors (Lipinski definition) is 5. The van der Waals surface area contributed by atoms with Crippen molar-refractivity contribution in [1.82, 2.24) is 10.3 Å². The van der Waals surface area contributed by atoms with Gasteiger partial charge in [0.2, 0.25) is 5.91 Å². The summed E-state index contributed by atoms with van der Waals surface area (Å²) in [6.45, 7) is 6.08. The van der Waals surface area contributed by atoms with E-state index in [9.17, 15) is 27.6 Å². The fraction of sp³-hybridized carbons (Fsp3) is 0.286. The van der Waals surface area contributed by atoms with Crippen molar-refractivity contribution < 1.29 is 46.9 Å². The number of carboxylic acids is 1. The van der Waals surface area contributed by atoms with Crippen molar-refractivity contribution in [2.75, 3.05) is 29.6 Å². The summed E-state index contributed by atoms with van der Waals surface area (Å²) < 4.78 is 42.4. The van der Waals surface area contributed by atoms with Crippen LogP contribution in [0.15, 0.2) is 66.9 Å². The lowest BCUT2D eigenvalue weighted by atomic mass is 9.93. The summed E-state index contributed by atoms with van der Waals surface area (Å²) in [6.07, 6.45) is -3.59. The Morgan fingerprint density at radius 2 is 1.76 bits per heavy atom. The molecule has 0 saturated carbocycles. The van der Waals surface area contributed by atoms with E-state index in [2.05, 4.69) is 20.9 Å². The van der Waals surface area contributed by atoms with Gasteiger partial charge in [0.25, 0.3) is 0 Å². The molecule has 15 heteroatoms. The molecular weight excluding hydrogens is 659 g/mol. The fourth-order valence-electron chi connectivity index (χ4n) is 5.47. The number of amides is 2. The van der Waals surface area contributed by atoms with Gasteiger partial charge in [0.05, 0.1) is 25.7 Å². The highest BCUT2D eigenvalue weighted by Crippen LogP contribution is 2.30. The third-order valence-corrected chi connectivity index (χ3v) is 7.78. The van der Waals surface area contributed by atoms with Crippen LogP contribution in [-0.4, -0.2) is 53.4 Å². The molecule has 12 nitrogen and oxygen atoms in total. The number of nitrogens with zero attached hydrogens (tertiary/aromatic N) is 1. The molecule has 264 valence electrons. The number of nitrogens with two attached hydrogens (primary N) is 1. The van der Waals surface area contributed by atoms with Crippen molar-refractivity contribution in [3.05, 3.63) is 94.7 Å². The van der Waals surface area contributed by atoms with Gasteiger partial charge in [-0.05, 0) is 90.4 Å². The van der Waals surface area contributed by atoms with Gasteiger partial charge in [-0.15, -0.1) is 0 Å². The SMILES string of the molecule is CCOC(=O)C[C@H]1NC(=O)[C@H](Nc2ccc3c(N)nccc3c2)c2cc(C)c(c(C)c2)CCOC(=O)Nc2cccc1c2.O=C(O)C(F)(F)F. The van der Waals surface area contributed by atoms with Crippen LogP contribution in [0.5, 0.6) is 0 Å². The molecule has 3 aromatic carbocycles. The van der Waals surface area contributed by atoms with Crippen molar-refractivity contribution in [2.45, 2.75) is 51.9 Å². The first-order valence-corrected chi connectivity index (χ1v) is 15.5. The molecule has 0 fully saturated rings. The number of carbonyl (C=O) groups excluding carboxylic acids is 3. The van der Waals surface area contributed by atoms with Crippen LogP contribution in [0.1, 0.15) is 53.2 Å². The van der Waals surface area contributed by atoms with Crippen LogP contribution < -0.4 is 21.7 Å². The lowest BCUT2D eigenvalue weighted by Crippen LogP contribution is -2.37. The number of rotatable bonds is 5. The van der Waals surface area contributed by atoms with E-state index in [1.807, 2.05) is 50.2 Å². The number of hydrogen-bond acceptors (Lipinski definition) is 9. The van der Waals surface area contributed by atoms with Crippen molar-refractivity contribution in [1.29, 1.82) is 0 Å². The second-order valence-electron chi connectivity index (χ2n) is 11.4. The molecule has 0 radical (unpaired) electrons. The zero-order valence-corrected chi connectivity index (χ0v) is 27.4. The van der Waals surface area contributed by atoms with Crippen LogP contribution in [0.4, 0.5) is 35.2 Å². The molecule has 2 aliphatic heterocycles. The molecule has 0 aliphatic carbocycles. The zero-order chi connectivity index (χ0) is 36.6. The predicted molar refractivity (Wildman–Crippen MR) is 179 cm³/mol. The smallest absolute Gasteiger partial charge is 0.475 e. The van der Waals surface area contributed by atoms with Crippen LogP contribution in [0.25, 0.3) is 10.8 Å². The third-order valence-electron chi connectivity index (χ3n) is 7.78. The monoisotopic (exact) mass is 695 g/mol. The minimum atomic E-state index is -5.08. The highest BCUT2D eigenvalue weighted by molar-refractivity contribution is 5.94. The number of nitrogen functional groups attached to an aromatic ring is 1. The Balaban J connectivity index is 0.000000727. The highest BCUT2D eigenvalue weighted by Gasteiger charge is 2.38. The van der Waals surface area contributed by atoms with Gasteiger partial charge in [0, 0.05) is 29.4 Å². The summed E-state index contributed by atoms with van der Waals surface area (Å²) in [4.78, 5) is 52.4. The number of benzene rings is 3. The van der Waals surface area contributed by atoms with E-state index in [0.717, 1.165) is 33.0 Å². The van der Waals surface area contributed by atoms with Crippen LogP contribution >= 0.6 is 0 Å². The van der Waals surface area contributed by atoms with Crippen LogP contribution in [-0.2, 0) is 30.3 Å². The molecule has 50 heavy (non-hydrogen) atoms. The summed E-state index contributed by atoms with van der Waals surface area (Å²) in [5.41, 5.74) is 11.6. The molecule has 6 rings (SSSR count). The van der Waals surface area contributed by atoms with Gasteiger partial charge in [0.1, 0.15) is 11.9 Å². The second-order valence-corrected chi connectivity index (χ2v) is 11.4. The maximum Gasteiger partial charge on any atom is 0.490 e. The normalized spacial score (nSPS) is 16.3. The number of alkyl halides is 3. The summed E-state index contributed by atoms with van der Waals surface area (Å²) in [5, 5.41) is 18.1. The molecule has 4 aromatic rings. The Morgan fingerprint density at radius 3 is 2.42 bits per heavy atom. The number of aliphatic carboxylic acids is 1. The fourth-order valence-corrected chi connectivity index (χ4v) is 5.47. The largest absolute Gasteiger partial charge is 0.490 e. The maximum atomic E-state index is 14.2. The van der Waals surface area contributed by atoms with E-state index in [1.54, 1.807) is 37.4 Å². The Hall–Kier alpha value is -5.86. The molecule has 2 amide bonds. The standard InChI is InChI=1S/C33H35N5O5.C2HF3O2/c1-4-42-29(39)18-28-22-6-5-7-24(17-22)37-33(41)43-13-11-26-19(2)14-23(15-20(26)3)30(32(40)38-28)36-25-8-9-27-21(16-25)10-12-35-31(27)34;3-2(4,5)1(6)7/h5-10,12,14-17,28,30,36H,4,11,13,18H2,1-3H3,(H2,34,35)(H,37,41)(H,38,40);(H,6,7)/t28-,30-;/m1./s1. The van der Waals surface area contributed by atoms with Gasteiger partial charge < -0.3 is 30.9 Å². The number of halogens is 3. The lowest BCUT2D eigenvalue weighted by molar-refractivity contribution is -0.192. The molecule has 3 heterocycles. The van der Waals surface area contributed by atoms with Gasteiger partial charge >= 0.3 is 24.2 Å². The summed E-state index contributed by atoms with van der Waals surface area (Å²) in [5.74, 6) is -3.12. The number of pyridine rings is 1.